The Bertz CT molecular complexity index is 868. The molecule has 0 aromatic rings. The lowest BCUT2D eigenvalue weighted by atomic mass is 9.41. The van der Waals surface area contributed by atoms with Gasteiger partial charge in [-0.05, 0) is 117 Å². The summed E-state index contributed by atoms with van der Waals surface area (Å²) >= 11 is 0. The fourth-order valence-corrected chi connectivity index (χ4v) is 11.7. The average Bonchev–Trinajstić information content (AvgIpc) is 3.60. The maximum absolute atomic E-state index is 11.5. The summed E-state index contributed by atoms with van der Waals surface area (Å²) < 4.78 is 5.89. The van der Waals surface area contributed by atoms with Gasteiger partial charge >= 0.3 is 0 Å². The summed E-state index contributed by atoms with van der Waals surface area (Å²) in [5.41, 5.74) is 0.370. The lowest BCUT2D eigenvalue weighted by Crippen LogP contribution is -2.65. The van der Waals surface area contributed by atoms with Crippen LogP contribution in [0.15, 0.2) is 0 Å². The summed E-state index contributed by atoms with van der Waals surface area (Å²) in [5.74, 6) is 2.42. The highest BCUT2D eigenvalue weighted by atomic mass is 16.6. The molecule has 0 aromatic heterocycles. The van der Waals surface area contributed by atoms with Crippen molar-refractivity contribution >= 4 is 0 Å². The van der Waals surface area contributed by atoms with Crippen molar-refractivity contribution in [3.63, 3.8) is 0 Å². The molecule has 1 heterocycles. The summed E-state index contributed by atoms with van der Waals surface area (Å²) in [6.45, 7) is 16.4. The number of ether oxygens (including phenoxy) is 1. The van der Waals surface area contributed by atoms with Crippen LogP contribution in [0.1, 0.15) is 106 Å². The minimum absolute atomic E-state index is 0.0940. The quantitative estimate of drug-likeness (QED) is 0.482. The monoisotopic (exact) mass is 474 g/mol. The molecule has 6 fully saturated rings. The Morgan fingerprint density at radius 2 is 1.47 bits per heavy atom. The van der Waals surface area contributed by atoms with Crippen molar-refractivity contribution < 1.29 is 20.1 Å². The predicted octanol–water partition coefficient (Wildman–Crippen LogP) is 5.32. The molecule has 34 heavy (non-hydrogen) atoms. The van der Waals surface area contributed by atoms with E-state index in [1.54, 1.807) is 0 Å². The first kappa shape index (κ1) is 24.2. The Labute approximate surface area is 207 Å². The molecular formula is C30H50O4. The number of aliphatic hydroxyl groups is 3. The number of epoxide rings is 1. The third-order valence-electron chi connectivity index (χ3n) is 14.0. The van der Waals surface area contributed by atoms with Crippen molar-refractivity contribution in [3.8, 4) is 0 Å². The Kier molecular flexibility index (Phi) is 4.86. The minimum atomic E-state index is -1.02. The normalized spacial score (nSPS) is 59.3. The largest absolute Gasteiger partial charge is 0.390 e. The number of fused-ring (bicyclic) bond motifs is 2. The van der Waals surface area contributed by atoms with Crippen molar-refractivity contribution in [2.24, 2.45) is 50.7 Å². The second-order valence-corrected chi connectivity index (χ2v) is 15.5. The first-order chi connectivity index (χ1) is 15.7. The smallest absolute Gasteiger partial charge is 0.107 e. The maximum Gasteiger partial charge on any atom is 0.107 e. The van der Waals surface area contributed by atoms with Crippen molar-refractivity contribution in [2.75, 3.05) is 0 Å². The molecule has 12 atom stereocenters. The van der Waals surface area contributed by atoms with Gasteiger partial charge in [0, 0.05) is 5.41 Å². The Morgan fingerprint density at radius 1 is 0.824 bits per heavy atom. The minimum Gasteiger partial charge on any atom is -0.390 e. The number of hydrogen-bond donors (Lipinski definition) is 3. The van der Waals surface area contributed by atoms with E-state index in [1.165, 1.54) is 44.9 Å². The number of rotatable bonds is 4. The second-order valence-electron chi connectivity index (χ2n) is 15.5. The van der Waals surface area contributed by atoms with E-state index >= 15 is 0 Å². The molecular weight excluding hydrogens is 424 g/mol. The molecule has 3 N–H and O–H groups in total. The van der Waals surface area contributed by atoms with Crippen LogP contribution in [-0.2, 0) is 4.74 Å². The topological polar surface area (TPSA) is 73.2 Å². The zero-order chi connectivity index (χ0) is 24.7. The molecule has 0 aromatic carbocycles. The van der Waals surface area contributed by atoms with E-state index in [0.29, 0.717) is 28.8 Å². The molecule has 0 radical (unpaired) electrons. The highest BCUT2D eigenvalue weighted by Crippen LogP contribution is 2.89. The molecule has 4 nitrogen and oxygen atoms in total. The van der Waals surface area contributed by atoms with E-state index < -0.39 is 18.3 Å². The first-order valence-corrected chi connectivity index (χ1v) is 14.4. The number of hydrogen-bond acceptors (Lipinski definition) is 4. The van der Waals surface area contributed by atoms with E-state index in [-0.39, 0.29) is 21.8 Å². The Morgan fingerprint density at radius 3 is 2.12 bits per heavy atom. The molecule has 0 unspecified atom stereocenters. The first-order valence-electron chi connectivity index (χ1n) is 14.4. The lowest BCUT2D eigenvalue weighted by molar-refractivity contribution is -0.236. The van der Waals surface area contributed by atoms with Gasteiger partial charge in [0.05, 0.1) is 23.9 Å². The van der Waals surface area contributed by atoms with Gasteiger partial charge in [0.2, 0.25) is 0 Å². The molecule has 2 spiro atoms. The van der Waals surface area contributed by atoms with Crippen LogP contribution in [0.25, 0.3) is 0 Å². The summed E-state index contributed by atoms with van der Waals surface area (Å²) in [7, 11) is 0. The molecule has 5 saturated carbocycles. The molecule has 6 rings (SSSR count). The van der Waals surface area contributed by atoms with E-state index in [9.17, 15) is 15.3 Å². The van der Waals surface area contributed by atoms with Crippen LogP contribution in [0, 0.1) is 50.7 Å². The molecule has 0 bridgehead atoms. The zero-order valence-electron chi connectivity index (χ0n) is 22.7. The third-order valence-corrected chi connectivity index (χ3v) is 14.0. The van der Waals surface area contributed by atoms with Gasteiger partial charge in [0.1, 0.15) is 6.10 Å². The van der Waals surface area contributed by atoms with Crippen molar-refractivity contribution in [3.05, 3.63) is 0 Å². The van der Waals surface area contributed by atoms with Crippen molar-refractivity contribution in [2.45, 2.75) is 136 Å². The Balaban J connectivity index is 1.27. The molecule has 1 saturated heterocycles. The summed E-state index contributed by atoms with van der Waals surface area (Å²) in [4.78, 5) is 0. The summed E-state index contributed by atoms with van der Waals surface area (Å²) in [6.07, 6.45) is 8.72. The van der Waals surface area contributed by atoms with Gasteiger partial charge in [-0.1, -0.05) is 34.6 Å². The fourth-order valence-electron chi connectivity index (χ4n) is 11.7. The van der Waals surface area contributed by atoms with E-state index in [1.807, 2.05) is 0 Å². The molecule has 194 valence electrons. The van der Waals surface area contributed by atoms with Gasteiger partial charge in [-0.2, -0.15) is 0 Å². The molecule has 4 heteroatoms. The van der Waals surface area contributed by atoms with Crippen molar-refractivity contribution in [1.82, 2.24) is 0 Å². The SMILES string of the molecule is C[C@H](CC[C@H]1OC1(C)C)[C@H]1CC[C@@]2(C)[C@@H]3CC[C@H]4C(C)(C)[C@@H](O)[C@H](O)[C@H](O)[C@@]45C[C@@]35CC[C@]12C. The van der Waals surface area contributed by atoms with Gasteiger partial charge in [0.15, 0.2) is 0 Å². The molecule has 6 aliphatic rings. The molecule has 5 aliphatic carbocycles. The second kappa shape index (κ2) is 6.83. The van der Waals surface area contributed by atoms with Crippen LogP contribution in [0.4, 0.5) is 0 Å². The van der Waals surface area contributed by atoms with Gasteiger partial charge in [-0.15, -0.1) is 0 Å². The van der Waals surface area contributed by atoms with Crippen LogP contribution in [-0.4, -0.2) is 45.3 Å². The van der Waals surface area contributed by atoms with E-state index in [0.717, 1.165) is 24.7 Å². The van der Waals surface area contributed by atoms with E-state index in [2.05, 4.69) is 48.5 Å². The highest BCUT2D eigenvalue weighted by molar-refractivity contribution is 5.33. The van der Waals surface area contributed by atoms with Gasteiger partial charge < -0.3 is 20.1 Å². The van der Waals surface area contributed by atoms with Gasteiger partial charge in [0.25, 0.3) is 0 Å². The summed E-state index contributed by atoms with van der Waals surface area (Å²) in [5, 5.41) is 33.3. The molecule has 1 aliphatic heterocycles. The van der Waals surface area contributed by atoms with Crippen molar-refractivity contribution in [1.29, 1.82) is 0 Å². The fraction of sp³-hybridized carbons (Fsp3) is 1.00. The average molecular weight is 475 g/mol. The Hall–Kier alpha value is -0.160. The standard InChI is InChI=1S/C30H50O4/c1-17(8-11-21-26(4,5)34-21)18-12-13-28(7)20-10-9-19-25(2,3)23(32)22(31)24(33)30(19)16-29(20,30)15-14-27(18,28)6/h17-24,31-33H,8-16H2,1-7H3/t17-,18-,19+,20+,21-,22+,23+,24+,27-,28+,29+,30-/m1/s1. The lowest BCUT2D eigenvalue weighted by Gasteiger charge is -2.64. The van der Waals surface area contributed by atoms with Crippen LogP contribution in [0.2, 0.25) is 0 Å². The van der Waals surface area contributed by atoms with Crippen LogP contribution in [0.5, 0.6) is 0 Å². The van der Waals surface area contributed by atoms with Gasteiger partial charge in [-0.3, -0.25) is 0 Å². The maximum atomic E-state index is 11.5. The van der Waals surface area contributed by atoms with Crippen LogP contribution < -0.4 is 0 Å². The zero-order valence-corrected chi connectivity index (χ0v) is 22.7. The van der Waals surface area contributed by atoms with Crippen LogP contribution >= 0.6 is 0 Å². The third kappa shape index (κ3) is 2.60. The summed E-state index contributed by atoms with van der Waals surface area (Å²) in [6, 6.07) is 0. The predicted molar refractivity (Wildman–Crippen MR) is 133 cm³/mol. The van der Waals surface area contributed by atoms with Crippen LogP contribution in [0.3, 0.4) is 0 Å². The van der Waals surface area contributed by atoms with Gasteiger partial charge in [-0.25, -0.2) is 0 Å². The van der Waals surface area contributed by atoms with E-state index in [4.69, 9.17) is 4.74 Å². The number of aliphatic hydroxyl groups excluding tert-OH is 3. The highest BCUT2D eigenvalue weighted by Gasteiger charge is 2.85. The molecule has 0 amide bonds.